The van der Waals surface area contributed by atoms with Gasteiger partial charge in [-0.2, -0.15) is 0 Å². The summed E-state index contributed by atoms with van der Waals surface area (Å²) in [7, 11) is 0. The highest BCUT2D eigenvalue weighted by atomic mass is 79.9. The topological polar surface area (TPSA) is 68.0 Å². The summed E-state index contributed by atoms with van der Waals surface area (Å²) in [5.74, 6) is 0.233. The van der Waals surface area contributed by atoms with Crippen LogP contribution in [0.2, 0.25) is 0 Å². The Morgan fingerprint density at radius 1 is 1.67 bits per heavy atom. The van der Waals surface area contributed by atoms with Gasteiger partial charge in [0.25, 0.3) is 0 Å². The van der Waals surface area contributed by atoms with E-state index in [0.29, 0.717) is 5.82 Å². The van der Waals surface area contributed by atoms with Crippen molar-refractivity contribution in [1.29, 1.82) is 0 Å². The van der Waals surface area contributed by atoms with Gasteiger partial charge in [-0.1, -0.05) is 0 Å². The van der Waals surface area contributed by atoms with Crippen molar-refractivity contribution >= 4 is 27.7 Å². The zero-order chi connectivity index (χ0) is 8.97. The number of nitrogens with one attached hydrogen (secondary N) is 1. The van der Waals surface area contributed by atoms with Crippen molar-refractivity contribution in [3.05, 3.63) is 22.8 Å². The summed E-state index contributed by atoms with van der Waals surface area (Å²) in [6, 6.07) is 3.59. The summed E-state index contributed by atoms with van der Waals surface area (Å²) in [5.41, 5.74) is 4.93. The van der Waals surface area contributed by atoms with Gasteiger partial charge < -0.3 is 11.1 Å². The largest absolute Gasteiger partial charge is 0.368 e. The number of carbonyl (C=O) groups excluding carboxylic acids is 1. The molecule has 0 saturated carbocycles. The number of aromatic nitrogens is 1. The number of anilines is 1. The molecule has 0 aliphatic rings. The summed E-state index contributed by atoms with van der Waals surface area (Å²) in [6.45, 7) is 0.106. The number of primary amides is 1. The zero-order valence-electron chi connectivity index (χ0n) is 6.25. The van der Waals surface area contributed by atoms with Crippen LogP contribution in [0.1, 0.15) is 0 Å². The number of amides is 1. The van der Waals surface area contributed by atoms with Gasteiger partial charge in [-0.05, 0) is 28.1 Å². The van der Waals surface area contributed by atoms with Crippen molar-refractivity contribution in [2.24, 2.45) is 5.73 Å². The first kappa shape index (κ1) is 8.99. The molecule has 1 aromatic heterocycles. The predicted molar refractivity (Wildman–Crippen MR) is 49.6 cm³/mol. The number of pyridine rings is 1. The van der Waals surface area contributed by atoms with Crippen molar-refractivity contribution in [2.45, 2.75) is 0 Å². The van der Waals surface area contributed by atoms with Gasteiger partial charge in [0.05, 0.1) is 6.54 Å². The van der Waals surface area contributed by atoms with Crippen LogP contribution >= 0.6 is 15.9 Å². The number of halogens is 1. The van der Waals surface area contributed by atoms with E-state index in [9.17, 15) is 4.79 Å². The van der Waals surface area contributed by atoms with Crippen LogP contribution < -0.4 is 11.1 Å². The second kappa shape index (κ2) is 4.06. The van der Waals surface area contributed by atoms with E-state index in [1.54, 1.807) is 12.3 Å². The fourth-order valence-electron chi connectivity index (χ4n) is 0.658. The quantitative estimate of drug-likeness (QED) is 0.804. The van der Waals surface area contributed by atoms with E-state index in [1.807, 2.05) is 6.07 Å². The maximum absolute atomic E-state index is 10.4. The van der Waals surface area contributed by atoms with Gasteiger partial charge in [-0.15, -0.1) is 0 Å². The van der Waals surface area contributed by atoms with Crippen molar-refractivity contribution in [1.82, 2.24) is 4.98 Å². The lowest BCUT2D eigenvalue weighted by molar-refractivity contribution is -0.116. The Labute approximate surface area is 78.3 Å². The number of rotatable bonds is 3. The van der Waals surface area contributed by atoms with Crippen LogP contribution in [-0.2, 0) is 4.79 Å². The van der Waals surface area contributed by atoms with Crippen LogP contribution in [0.25, 0.3) is 0 Å². The predicted octanol–water partition coefficient (Wildman–Crippen LogP) is 0.741. The second-order valence-electron chi connectivity index (χ2n) is 2.18. The molecular formula is C7H8BrN3O. The highest BCUT2D eigenvalue weighted by Crippen LogP contribution is 2.09. The number of hydrogen-bond acceptors (Lipinski definition) is 3. The van der Waals surface area contributed by atoms with Gasteiger partial charge in [0, 0.05) is 10.7 Å². The van der Waals surface area contributed by atoms with Crippen molar-refractivity contribution in [3.63, 3.8) is 0 Å². The molecule has 0 bridgehead atoms. The molecular weight excluding hydrogens is 222 g/mol. The standard InChI is InChI=1S/C7H8BrN3O/c8-5-1-2-7(10-3-5)11-4-6(9)12/h1-3H,4H2,(H2,9,12)(H,10,11). The number of hydrogen-bond donors (Lipinski definition) is 2. The minimum atomic E-state index is -0.403. The molecule has 3 N–H and O–H groups in total. The number of carbonyl (C=O) groups is 1. The fourth-order valence-corrected chi connectivity index (χ4v) is 0.893. The fraction of sp³-hybridized carbons (Fsp3) is 0.143. The lowest BCUT2D eigenvalue weighted by Crippen LogP contribution is -2.22. The number of nitrogens with two attached hydrogens (primary N) is 1. The lowest BCUT2D eigenvalue weighted by atomic mass is 10.4. The molecule has 64 valence electrons. The van der Waals surface area contributed by atoms with Crippen LogP contribution in [-0.4, -0.2) is 17.4 Å². The molecule has 12 heavy (non-hydrogen) atoms. The average Bonchev–Trinajstić information content (AvgIpc) is 2.03. The lowest BCUT2D eigenvalue weighted by Gasteiger charge is -2.01. The van der Waals surface area contributed by atoms with E-state index >= 15 is 0 Å². The Hall–Kier alpha value is -1.10. The maximum Gasteiger partial charge on any atom is 0.236 e. The van der Waals surface area contributed by atoms with Gasteiger partial charge in [-0.25, -0.2) is 4.98 Å². The Bertz CT molecular complexity index is 272. The minimum Gasteiger partial charge on any atom is -0.368 e. The average molecular weight is 230 g/mol. The van der Waals surface area contributed by atoms with E-state index in [0.717, 1.165) is 4.47 Å². The molecule has 5 heteroatoms. The molecule has 4 nitrogen and oxygen atoms in total. The van der Waals surface area contributed by atoms with Crippen LogP contribution in [0.4, 0.5) is 5.82 Å². The van der Waals surface area contributed by atoms with Crippen LogP contribution in [0.5, 0.6) is 0 Å². The number of nitrogens with zero attached hydrogens (tertiary/aromatic N) is 1. The van der Waals surface area contributed by atoms with Gasteiger partial charge in [0.2, 0.25) is 5.91 Å². The van der Waals surface area contributed by atoms with Crippen molar-refractivity contribution in [2.75, 3.05) is 11.9 Å². The first-order chi connectivity index (χ1) is 5.68. The molecule has 1 amide bonds. The van der Waals surface area contributed by atoms with E-state index in [1.165, 1.54) is 0 Å². The molecule has 0 unspecified atom stereocenters. The first-order valence-corrected chi connectivity index (χ1v) is 4.11. The SMILES string of the molecule is NC(=O)CNc1ccc(Br)cn1. The van der Waals surface area contributed by atoms with Crippen LogP contribution in [0.3, 0.4) is 0 Å². The third kappa shape index (κ3) is 2.87. The van der Waals surface area contributed by atoms with Gasteiger partial charge in [0.1, 0.15) is 5.82 Å². The summed E-state index contributed by atoms with van der Waals surface area (Å²) < 4.78 is 0.895. The van der Waals surface area contributed by atoms with Crippen molar-refractivity contribution in [3.8, 4) is 0 Å². The zero-order valence-corrected chi connectivity index (χ0v) is 7.84. The summed E-state index contributed by atoms with van der Waals surface area (Å²) in [5, 5.41) is 2.76. The van der Waals surface area contributed by atoms with E-state index in [4.69, 9.17) is 5.73 Å². The molecule has 0 aliphatic carbocycles. The first-order valence-electron chi connectivity index (χ1n) is 3.32. The van der Waals surface area contributed by atoms with E-state index < -0.39 is 5.91 Å². The van der Waals surface area contributed by atoms with Gasteiger partial charge in [-0.3, -0.25) is 4.79 Å². The molecule has 0 aliphatic heterocycles. The molecule has 1 rings (SSSR count). The minimum absolute atomic E-state index is 0.106. The molecule has 0 spiro atoms. The highest BCUT2D eigenvalue weighted by molar-refractivity contribution is 9.10. The van der Waals surface area contributed by atoms with Crippen LogP contribution in [0.15, 0.2) is 22.8 Å². The third-order valence-electron chi connectivity index (χ3n) is 1.17. The highest BCUT2D eigenvalue weighted by Gasteiger charge is 1.95. The molecule has 0 fully saturated rings. The molecule has 0 saturated heterocycles. The molecule has 1 heterocycles. The van der Waals surface area contributed by atoms with E-state index in [2.05, 4.69) is 26.2 Å². The summed E-state index contributed by atoms with van der Waals surface area (Å²) in [4.78, 5) is 14.3. The molecule has 0 aromatic carbocycles. The third-order valence-corrected chi connectivity index (χ3v) is 1.64. The molecule has 0 radical (unpaired) electrons. The summed E-state index contributed by atoms with van der Waals surface area (Å²) in [6.07, 6.45) is 1.64. The van der Waals surface area contributed by atoms with Gasteiger partial charge >= 0.3 is 0 Å². The van der Waals surface area contributed by atoms with Gasteiger partial charge in [0.15, 0.2) is 0 Å². The Kier molecular flexibility index (Phi) is 3.04. The Balaban J connectivity index is 2.53. The molecule has 0 atom stereocenters. The maximum atomic E-state index is 10.4. The Morgan fingerprint density at radius 2 is 2.42 bits per heavy atom. The second-order valence-corrected chi connectivity index (χ2v) is 3.10. The van der Waals surface area contributed by atoms with E-state index in [-0.39, 0.29) is 6.54 Å². The molecule has 1 aromatic rings. The smallest absolute Gasteiger partial charge is 0.236 e. The van der Waals surface area contributed by atoms with Crippen LogP contribution in [0, 0.1) is 0 Å². The monoisotopic (exact) mass is 229 g/mol. The summed E-state index contributed by atoms with van der Waals surface area (Å²) >= 11 is 3.24. The Morgan fingerprint density at radius 3 is 2.92 bits per heavy atom. The van der Waals surface area contributed by atoms with Crippen molar-refractivity contribution < 1.29 is 4.79 Å². The normalized spacial score (nSPS) is 9.42.